The number of hydrogen-bond donors (Lipinski definition) is 4. The van der Waals surface area contributed by atoms with Gasteiger partial charge < -0.3 is 20.6 Å². The van der Waals surface area contributed by atoms with Gasteiger partial charge in [0.2, 0.25) is 0 Å². The Hall–Kier alpha value is -4.92. The minimum Gasteiger partial charge on any atom is -0.366 e. The zero-order valence-electron chi connectivity index (χ0n) is 34.0. The zero-order valence-corrected chi connectivity index (χ0v) is 35.5. The first-order valence-electron chi connectivity index (χ1n) is 21.2. The van der Waals surface area contributed by atoms with Crippen molar-refractivity contribution >= 4 is 40.6 Å². The molecule has 4 N–H and O–H groups in total. The largest absolute Gasteiger partial charge is 0.366 e. The number of halogens is 2. The summed E-state index contributed by atoms with van der Waals surface area (Å²) in [5.41, 5.74) is 10.7. The fourth-order valence-electron chi connectivity index (χ4n) is 9.53. The van der Waals surface area contributed by atoms with Gasteiger partial charge in [-0.05, 0) is 154 Å². The average molecular weight is 830 g/mol. The predicted octanol–water partition coefficient (Wildman–Crippen LogP) is 11.1. The van der Waals surface area contributed by atoms with Crippen molar-refractivity contribution < 1.29 is 9.59 Å². The van der Waals surface area contributed by atoms with Crippen molar-refractivity contribution in [3.63, 3.8) is 0 Å². The third kappa shape index (κ3) is 9.93. The van der Waals surface area contributed by atoms with Gasteiger partial charge in [-0.2, -0.15) is 0 Å². The molecule has 8 nitrogen and oxygen atoms in total. The van der Waals surface area contributed by atoms with Crippen LogP contribution >= 0.6 is 23.2 Å². The van der Waals surface area contributed by atoms with Crippen LogP contribution in [-0.2, 0) is 6.42 Å². The van der Waals surface area contributed by atoms with Gasteiger partial charge in [0.1, 0.15) is 0 Å². The molecule has 0 aliphatic heterocycles. The molecule has 5 aromatic rings. The fourth-order valence-corrected chi connectivity index (χ4v) is 9.94. The van der Waals surface area contributed by atoms with E-state index in [1.165, 1.54) is 11.1 Å². The van der Waals surface area contributed by atoms with Crippen LogP contribution < -0.4 is 10.6 Å². The molecule has 4 aromatic heterocycles. The summed E-state index contributed by atoms with van der Waals surface area (Å²) in [6.45, 7) is 5.36. The highest BCUT2D eigenvalue weighted by Crippen LogP contribution is 2.39. The molecule has 4 heterocycles. The Morgan fingerprint density at radius 3 is 2.14 bits per heavy atom. The Labute approximate surface area is 357 Å². The number of hydrogen-bond acceptors (Lipinski definition) is 4. The Bertz CT molecular complexity index is 2340. The molecule has 1 aromatic carbocycles. The van der Waals surface area contributed by atoms with Crippen molar-refractivity contribution in [2.75, 3.05) is 13.1 Å². The number of pyridine rings is 2. The van der Waals surface area contributed by atoms with E-state index in [2.05, 4.69) is 49.9 Å². The number of nitrogens with zero attached hydrogens (tertiary/aromatic N) is 2. The van der Waals surface area contributed by atoms with E-state index in [1.807, 2.05) is 81.1 Å². The van der Waals surface area contributed by atoms with Crippen molar-refractivity contribution in [1.29, 1.82) is 0 Å². The number of benzene rings is 1. The number of aromatic amines is 2. The number of H-pyrrole nitrogens is 2. The summed E-state index contributed by atoms with van der Waals surface area (Å²) < 4.78 is 0. The van der Waals surface area contributed by atoms with Crippen molar-refractivity contribution in [2.45, 2.75) is 94.8 Å². The number of carbonyl (C=O) groups excluding carboxylic acids is 2. The normalized spacial score (nSPS) is 23.1. The number of rotatable bonds is 12. The summed E-state index contributed by atoms with van der Waals surface area (Å²) in [4.78, 5) is 42.5. The standard InChI is InChI=1S/C49H54Cl2N6O2/c1-31-21-36(16-19-53-31)34-12-8-33(9-13-34)27-57-48(59)44-30-55-45(46(44)38-5-3-7-40(50)22-38)24-41-23-37(17-20-54-41)35-14-10-32(11-15-35)26-56-47(58)43-29-52-28-42(43)39-6-4-18-49(2,51)25-39/h3-7,16-23,28-30,32-35,52,55H,8-15,24-27H2,1-2H3,(H,56,58)(H,57,59). The molecular formula is C49H54Cl2N6O2. The Morgan fingerprint density at radius 1 is 0.814 bits per heavy atom. The van der Waals surface area contributed by atoms with E-state index in [0.29, 0.717) is 65.8 Å². The highest BCUT2D eigenvalue weighted by atomic mass is 35.5. The smallest absolute Gasteiger partial charge is 0.253 e. The van der Waals surface area contributed by atoms with Crippen molar-refractivity contribution in [3.8, 4) is 11.1 Å². The summed E-state index contributed by atoms with van der Waals surface area (Å²) in [5.74, 6) is 1.75. The topological polar surface area (TPSA) is 116 Å². The third-order valence-corrected chi connectivity index (χ3v) is 13.3. The molecular weight excluding hydrogens is 775 g/mol. The van der Waals surface area contributed by atoms with Gasteiger partial charge in [0, 0.05) is 83.7 Å². The molecule has 8 rings (SSSR count). The minimum absolute atomic E-state index is 0.0502. The van der Waals surface area contributed by atoms with Gasteiger partial charge in [-0.3, -0.25) is 19.6 Å². The van der Waals surface area contributed by atoms with Gasteiger partial charge in [-0.1, -0.05) is 42.0 Å². The van der Waals surface area contributed by atoms with Crippen LogP contribution in [0.1, 0.15) is 131 Å². The van der Waals surface area contributed by atoms with Crippen LogP contribution in [0.2, 0.25) is 5.02 Å². The van der Waals surface area contributed by atoms with Crippen LogP contribution in [0.4, 0.5) is 0 Å². The van der Waals surface area contributed by atoms with Crippen LogP contribution in [0, 0.1) is 18.8 Å². The van der Waals surface area contributed by atoms with Crippen molar-refractivity contribution in [3.05, 3.63) is 148 Å². The molecule has 2 amide bonds. The molecule has 0 bridgehead atoms. The summed E-state index contributed by atoms with van der Waals surface area (Å²) >= 11 is 13.1. The molecule has 3 aliphatic rings. The lowest BCUT2D eigenvalue weighted by Crippen LogP contribution is -2.31. The first-order chi connectivity index (χ1) is 28.6. The van der Waals surface area contributed by atoms with Gasteiger partial charge in [0.15, 0.2) is 0 Å². The number of alkyl halides is 1. The monoisotopic (exact) mass is 828 g/mol. The number of carbonyl (C=O) groups is 2. The van der Waals surface area contributed by atoms with Crippen LogP contribution in [0.5, 0.6) is 0 Å². The minimum atomic E-state index is -0.451. The molecule has 0 radical (unpaired) electrons. The maximum absolute atomic E-state index is 13.9. The molecule has 10 heteroatoms. The maximum Gasteiger partial charge on any atom is 0.253 e. The number of aryl methyl sites for hydroxylation is 1. The van der Waals surface area contributed by atoms with E-state index in [0.717, 1.165) is 90.7 Å². The predicted molar refractivity (Wildman–Crippen MR) is 238 cm³/mol. The highest BCUT2D eigenvalue weighted by Gasteiger charge is 2.28. The first kappa shape index (κ1) is 40.8. The first-order valence-corrected chi connectivity index (χ1v) is 22.0. The molecule has 3 aliphatic carbocycles. The van der Waals surface area contributed by atoms with Gasteiger partial charge in [0.25, 0.3) is 11.8 Å². The lowest BCUT2D eigenvalue weighted by molar-refractivity contribution is 0.0935. The molecule has 1 unspecified atom stereocenters. The van der Waals surface area contributed by atoms with E-state index in [4.69, 9.17) is 28.2 Å². The Balaban J connectivity index is 0.875. The molecule has 0 saturated heterocycles. The molecule has 306 valence electrons. The number of aromatic nitrogens is 4. The van der Waals surface area contributed by atoms with Gasteiger partial charge in [-0.15, -0.1) is 11.6 Å². The van der Waals surface area contributed by atoms with Gasteiger partial charge in [-0.25, -0.2) is 0 Å². The Morgan fingerprint density at radius 2 is 1.47 bits per heavy atom. The summed E-state index contributed by atoms with van der Waals surface area (Å²) in [7, 11) is 0. The van der Waals surface area contributed by atoms with Crippen LogP contribution in [-0.4, -0.2) is 49.7 Å². The van der Waals surface area contributed by atoms with Crippen molar-refractivity contribution in [1.82, 2.24) is 30.6 Å². The van der Waals surface area contributed by atoms with E-state index in [-0.39, 0.29) is 11.8 Å². The number of amides is 2. The zero-order chi connectivity index (χ0) is 40.9. The third-order valence-electron chi connectivity index (χ3n) is 12.8. The highest BCUT2D eigenvalue weighted by molar-refractivity contribution is 6.31. The summed E-state index contributed by atoms with van der Waals surface area (Å²) in [5, 5.41) is 7.13. The maximum atomic E-state index is 13.9. The van der Waals surface area contributed by atoms with Gasteiger partial charge in [0.05, 0.1) is 16.0 Å². The molecule has 2 saturated carbocycles. The fraction of sp³-hybridized carbons (Fsp3) is 0.388. The van der Waals surface area contributed by atoms with Gasteiger partial charge >= 0.3 is 0 Å². The van der Waals surface area contributed by atoms with E-state index in [1.54, 1.807) is 6.20 Å². The van der Waals surface area contributed by atoms with Crippen LogP contribution in [0.25, 0.3) is 16.7 Å². The second-order valence-corrected chi connectivity index (χ2v) is 18.5. The summed E-state index contributed by atoms with van der Waals surface area (Å²) in [6.07, 6.45) is 25.2. The number of allylic oxidation sites excluding steroid dienone is 4. The number of nitrogens with one attached hydrogen (secondary N) is 4. The van der Waals surface area contributed by atoms with Crippen molar-refractivity contribution in [2.24, 2.45) is 11.8 Å². The summed E-state index contributed by atoms with van der Waals surface area (Å²) in [6, 6.07) is 16.5. The second-order valence-electron chi connectivity index (χ2n) is 17.2. The van der Waals surface area contributed by atoms with E-state index < -0.39 is 4.87 Å². The van der Waals surface area contributed by atoms with Crippen LogP contribution in [0.3, 0.4) is 0 Å². The quantitative estimate of drug-likeness (QED) is 0.0937. The van der Waals surface area contributed by atoms with E-state index in [9.17, 15) is 9.59 Å². The molecule has 59 heavy (non-hydrogen) atoms. The molecule has 1 atom stereocenters. The average Bonchev–Trinajstić information content (AvgIpc) is 3.91. The SMILES string of the molecule is Cc1cc(C2CCC(CNC(=O)c3c[nH]c(Cc4cc(C5CCC(CNC(=O)c6c[nH]cc6C6=CC=CC(C)(Cl)C6)CC5)ccn4)c3-c3cccc(Cl)c3)CC2)ccn1. The lowest BCUT2D eigenvalue weighted by Gasteiger charge is -2.29. The molecule has 2 fully saturated rings. The Kier molecular flexibility index (Phi) is 12.6. The molecule has 0 spiro atoms. The van der Waals surface area contributed by atoms with Crippen LogP contribution in [0.15, 0.2) is 97.7 Å². The lowest BCUT2D eigenvalue weighted by atomic mass is 9.78. The second kappa shape index (κ2) is 18.1. The van der Waals surface area contributed by atoms with E-state index >= 15 is 0 Å².